The van der Waals surface area contributed by atoms with Crippen molar-refractivity contribution in [1.82, 2.24) is 0 Å². The van der Waals surface area contributed by atoms with E-state index in [4.69, 9.17) is 17.3 Å². The number of halogens is 3. The second-order valence-corrected chi connectivity index (χ2v) is 5.44. The van der Waals surface area contributed by atoms with Crippen molar-refractivity contribution in [3.63, 3.8) is 0 Å². The lowest BCUT2D eigenvalue weighted by atomic mass is 9.98. The van der Waals surface area contributed by atoms with Crippen LogP contribution in [0.2, 0.25) is 5.02 Å². The van der Waals surface area contributed by atoms with Gasteiger partial charge in [-0.05, 0) is 40.5 Å². The van der Waals surface area contributed by atoms with E-state index in [2.05, 4.69) is 15.9 Å². The Morgan fingerprint density at radius 3 is 2.44 bits per heavy atom. The average molecular weight is 329 g/mol. The van der Waals surface area contributed by atoms with Gasteiger partial charge in [-0.1, -0.05) is 41.4 Å². The van der Waals surface area contributed by atoms with Gasteiger partial charge in [0.1, 0.15) is 5.82 Å². The predicted octanol–water partition coefficient (Wildman–Crippen LogP) is 4.60. The number of nitrogens with two attached hydrogens (primary N) is 1. The van der Waals surface area contributed by atoms with Gasteiger partial charge in [0, 0.05) is 10.0 Å². The fraction of sp³-hybridized carbons (Fsp3) is 0.143. The highest BCUT2D eigenvalue weighted by molar-refractivity contribution is 9.10. The molecule has 0 saturated carbocycles. The lowest BCUT2D eigenvalue weighted by molar-refractivity contribution is 0.599. The van der Waals surface area contributed by atoms with Crippen molar-refractivity contribution in [1.29, 1.82) is 0 Å². The van der Waals surface area contributed by atoms with Gasteiger partial charge in [-0.25, -0.2) is 4.39 Å². The molecule has 1 nitrogen and oxygen atoms in total. The van der Waals surface area contributed by atoms with Crippen LogP contribution in [0.4, 0.5) is 4.39 Å². The number of rotatable bonds is 2. The maximum atomic E-state index is 13.9. The number of benzene rings is 2. The van der Waals surface area contributed by atoms with Gasteiger partial charge in [-0.3, -0.25) is 0 Å². The van der Waals surface area contributed by atoms with Crippen molar-refractivity contribution in [2.45, 2.75) is 13.0 Å². The Labute approximate surface area is 119 Å². The van der Waals surface area contributed by atoms with Gasteiger partial charge in [0.25, 0.3) is 0 Å². The summed E-state index contributed by atoms with van der Waals surface area (Å²) in [6, 6.07) is 10.1. The third-order valence-electron chi connectivity index (χ3n) is 2.81. The second-order valence-electron chi connectivity index (χ2n) is 4.18. The largest absolute Gasteiger partial charge is 0.320 e. The molecule has 2 N–H and O–H groups in total. The van der Waals surface area contributed by atoms with E-state index in [1.807, 2.05) is 31.2 Å². The van der Waals surface area contributed by atoms with Crippen LogP contribution in [0.25, 0.3) is 0 Å². The Morgan fingerprint density at radius 1 is 1.22 bits per heavy atom. The van der Waals surface area contributed by atoms with E-state index in [0.29, 0.717) is 15.1 Å². The van der Waals surface area contributed by atoms with E-state index in [-0.39, 0.29) is 5.82 Å². The maximum absolute atomic E-state index is 13.9. The minimum Gasteiger partial charge on any atom is -0.320 e. The van der Waals surface area contributed by atoms with Gasteiger partial charge in [-0.2, -0.15) is 0 Å². The summed E-state index contributed by atoms with van der Waals surface area (Å²) in [6.45, 7) is 1.99. The minimum atomic E-state index is -0.517. The fourth-order valence-corrected chi connectivity index (χ4v) is 2.22. The molecular weight excluding hydrogens is 317 g/mol. The molecule has 94 valence electrons. The van der Waals surface area contributed by atoms with Crippen molar-refractivity contribution < 1.29 is 4.39 Å². The smallest absolute Gasteiger partial charge is 0.129 e. The zero-order valence-corrected chi connectivity index (χ0v) is 12.1. The molecule has 0 spiro atoms. The molecule has 2 aromatic rings. The van der Waals surface area contributed by atoms with E-state index in [1.54, 1.807) is 6.07 Å². The monoisotopic (exact) mass is 327 g/mol. The summed E-state index contributed by atoms with van der Waals surface area (Å²) in [4.78, 5) is 0. The van der Waals surface area contributed by atoms with E-state index in [0.717, 1.165) is 11.1 Å². The van der Waals surface area contributed by atoms with Crippen molar-refractivity contribution in [2.75, 3.05) is 0 Å². The van der Waals surface area contributed by atoms with Crippen LogP contribution >= 0.6 is 27.5 Å². The van der Waals surface area contributed by atoms with Crippen LogP contribution in [0.3, 0.4) is 0 Å². The first-order valence-electron chi connectivity index (χ1n) is 5.45. The molecule has 0 aliphatic rings. The van der Waals surface area contributed by atoms with Gasteiger partial charge in [-0.15, -0.1) is 0 Å². The molecule has 0 aliphatic heterocycles. The molecule has 0 aromatic heterocycles. The average Bonchev–Trinajstić information content (AvgIpc) is 2.34. The first-order valence-corrected chi connectivity index (χ1v) is 6.62. The van der Waals surface area contributed by atoms with Crippen LogP contribution in [-0.4, -0.2) is 0 Å². The molecule has 2 aromatic carbocycles. The van der Waals surface area contributed by atoms with Gasteiger partial charge in [0.15, 0.2) is 0 Å². The highest BCUT2D eigenvalue weighted by atomic mass is 79.9. The van der Waals surface area contributed by atoms with Gasteiger partial charge < -0.3 is 5.73 Å². The lowest BCUT2D eigenvalue weighted by Gasteiger charge is -2.14. The highest BCUT2D eigenvalue weighted by Crippen LogP contribution is 2.30. The topological polar surface area (TPSA) is 26.0 Å². The van der Waals surface area contributed by atoms with Crippen LogP contribution in [0.15, 0.2) is 40.9 Å². The molecule has 4 heteroatoms. The number of hydrogen-bond donors (Lipinski definition) is 1. The summed E-state index contributed by atoms with van der Waals surface area (Å²) < 4.78 is 14.4. The van der Waals surface area contributed by atoms with Crippen LogP contribution < -0.4 is 5.73 Å². The van der Waals surface area contributed by atoms with Gasteiger partial charge >= 0.3 is 0 Å². The molecule has 1 atom stereocenters. The Balaban J connectivity index is 2.42. The van der Waals surface area contributed by atoms with Crippen LogP contribution in [0.5, 0.6) is 0 Å². The van der Waals surface area contributed by atoms with Crippen molar-refractivity contribution in [3.05, 3.63) is 68.4 Å². The highest BCUT2D eigenvalue weighted by Gasteiger charge is 2.15. The molecule has 2 rings (SSSR count). The SMILES string of the molecule is Cc1ccc(C(N)c2cc(Cl)c(Br)cc2F)cc1. The molecule has 0 amide bonds. The molecule has 0 radical (unpaired) electrons. The molecule has 1 unspecified atom stereocenters. The Bertz CT molecular complexity index is 569. The molecule has 0 aliphatic carbocycles. The first-order chi connectivity index (χ1) is 8.49. The fourth-order valence-electron chi connectivity index (χ4n) is 1.73. The zero-order valence-electron chi connectivity index (χ0n) is 9.75. The van der Waals surface area contributed by atoms with E-state index in [9.17, 15) is 4.39 Å². The van der Waals surface area contributed by atoms with Crippen molar-refractivity contribution in [2.24, 2.45) is 5.73 Å². The number of aryl methyl sites for hydroxylation is 1. The van der Waals surface area contributed by atoms with E-state index >= 15 is 0 Å². The van der Waals surface area contributed by atoms with Crippen LogP contribution in [-0.2, 0) is 0 Å². The number of hydrogen-bond acceptors (Lipinski definition) is 1. The Kier molecular flexibility index (Phi) is 4.05. The molecule has 0 saturated heterocycles. The molecule has 0 bridgehead atoms. The minimum absolute atomic E-state index is 0.362. The quantitative estimate of drug-likeness (QED) is 0.801. The van der Waals surface area contributed by atoms with Crippen LogP contribution in [0, 0.1) is 12.7 Å². The van der Waals surface area contributed by atoms with Crippen molar-refractivity contribution in [3.8, 4) is 0 Å². The maximum Gasteiger partial charge on any atom is 0.129 e. The predicted molar refractivity (Wildman–Crippen MR) is 76.3 cm³/mol. The molecule has 18 heavy (non-hydrogen) atoms. The first kappa shape index (κ1) is 13.5. The summed E-state index contributed by atoms with van der Waals surface area (Å²) >= 11 is 9.16. The third kappa shape index (κ3) is 2.74. The van der Waals surface area contributed by atoms with Crippen LogP contribution in [0.1, 0.15) is 22.7 Å². The summed E-state index contributed by atoms with van der Waals surface area (Å²) in [5.74, 6) is -0.362. The summed E-state index contributed by atoms with van der Waals surface area (Å²) in [7, 11) is 0. The lowest BCUT2D eigenvalue weighted by Crippen LogP contribution is -2.13. The standard InChI is InChI=1S/C14H12BrClFN/c1-8-2-4-9(5-3-8)14(18)10-6-12(16)11(15)7-13(10)17/h2-7,14H,18H2,1H3. The Morgan fingerprint density at radius 2 is 1.83 bits per heavy atom. The summed E-state index contributed by atoms with van der Waals surface area (Å²) in [6.07, 6.45) is 0. The van der Waals surface area contributed by atoms with Gasteiger partial charge in [0.2, 0.25) is 0 Å². The third-order valence-corrected chi connectivity index (χ3v) is 4.01. The zero-order chi connectivity index (χ0) is 13.3. The molecule has 0 fully saturated rings. The van der Waals surface area contributed by atoms with E-state index in [1.165, 1.54) is 6.07 Å². The molecule has 0 heterocycles. The summed E-state index contributed by atoms with van der Waals surface area (Å²) in [5, 5.41) is 0.453. The Hall–Kier alpha value is -0.900. The molecular formula is C14H12BrClFN. The van der Waals surface area contributed by atoms with E-state index < -0.39 is 6.04 Å². The summed E-state index contributed by atoms with van der Waals surface area (Å²) in [5.41, 5.74) is 8.47. The van der Waals surface area contributed by atoms with Gasteiger partial charge in [0.05, 0.1) is 11.1 Å². The second kappa shape index (κ2) is 5.39. The van der Waals surface area contributed by atoms with Crippen molar-refractivity contribution >= 4 is 27.5 Å². The normalized spacial score (nSPS) is 12.5.